The molecule has 1 heterocycles. The van der Waals surface area contributed by atoms with E-state index in [9.17, 15) is 27.2 Å². The molecular weight excluding hydrogens is 450 g/mol. The third-order valence-corrected chi connectivity index (χ3v) is 5.25. The number of rotatable bonds is 6. The Hall–Kier alpha value is -2.81. The van der Waals surface area contributed by atoms with Crippen LogP contribution in [0.25, 0.3) is 0 Å². The van der Waals surface area contributed by atoms with Crippen LogP contribution in [0.3, 0.4) is 0 Å². The number of carbonyl (C=O) groups is 2. The van der Waals surface area contributed by atoms with Crippen LogP contribution in [0.4, 0.5) is 22.4 Å². The Balaban J connectivity index is 2.05. The number of allylic oxidation sites excluding steroid dienone is 5. The summed E-state index contributed by atoms with van der Waals surface area (Å²) < 4.78 is 51.9. The van der Waals surface area contributed by atoms with Crippen LogP contribution in [-0.4, -0.2) is 47.5 Å². The number of nitrogens with zero attached hydrogens (tertiary/aromatic N) is 2. The lowest BCUT2D eigenvalue weighted by molar-refractivity contribution is -0.134. The van der Waals surface area contributed by atoms with E-state index in [4.69, 9.17) is 11.6 Å². The number of benzene rings is 1. The second-order valence-corrected chi connectivity index (χ2v) is 7.81. The topological polar surface area (TPSA) is 52.7 Å². The van der Waals surface area contributed by atoms with Crippen LogP contribution in [0.1, 0.15) is 25.3 Å². The molecule has 1 fully saturated rings. The normalized spacial score (nSPS) is 17.3. The van der Waals surface area contributed by atoms with E-state index in [0.717, 1.165) is 12.2 Å². The quantitative estimate of drug-likeness (QED) is 0.456. The van der Waals surface area contributed by atoms with Gasteiger partial charge >= 0.3 is 12.2 Å². The van der Waals surface area contributed by atoms with E-state index in [-0.39, 0.29) is 23.2 Å². The first kappa shape index (κ1) is 25.5. The monoisotopic (exact) mass is 473 g/mol. The highest BCUT2D eigenvalue weighted by Gasteiger charge is 2.36. The fourth-order valence-electron chi connectivity index (χ4n) is 3.29. The summed E-state index contributed by atoms with van der Waals surface area (Å²) >= 11 is 5.67. The molecule has 1 aliphatic heterocycles. The Morgan fingerprint density at radius 1 is 1.34 bits per heavy atom. The zero-order valence-electron chi connectivity index (χ0n) is 17.7. The summed E-state index contributed by atoms with van der Waals surface area (Å²) in [5.74, 6) is -0.908. The van der Waals surface area contributed by atoms with Crippen LogP contribution in [-0.2, 0) is 11.3 Å². The van der Waals surface area contributed by atoms with Gasteiger partial charge in [0.05, 0.1) is 10.6 Å². The summed E-state index contributed by atoms with van der Waals surface area (Å²) in [5, 5.41) is 2.49. The smallest absolute Gasteiger partial charge is 0.340 e. The first-order chi connectivity index (χ1) is 14.9. The van der Waals surface area contributed by atoms with E-state index in [0.29, 0.717) is 31.0 Å². The SMILES string of the molecule is C=C/C(=C\C=C(/C)NC(=O)N1CCC[C@@H]1C(=O)N(C)Cc1ccc(Cl)c(F)c1)C(F)(F)F. The molecule has 0 bridgehead atoms. The van der Waals surface area contributed by atoms with Crippen molar-refractivity contribution in [3.63, 3.8) is 0 Å². The zero-order valence-corrected chi connectivity index (χ0v) is 18.4. The van der Waals surface area contributed by atoms with Crippen molar-refractivity contribution in [1.29, 1.82) is 0 Å². The van der Waals surface area contributed by atoms with E-state index in [1.807, 2.05) is 0 Å². The number of urea groups is 1. The van der Waals surface area contributed by atoms with Gasteiger partial charge in [-0.1, -0.05) is 30.3 Å². The Bertz CT molecular complexity index is 944. The number of likely N-dealkylation sites (tertiary alicyclic amines) is 1. The molecule has 1 aromatic carbocycles. The summed E-state index contributed by atoms with van der Waals surface area (Å²) in [6.07, 6.45) is -0.881. The molecule has 1 N–H and O–H groups in total. The van der Waals surface area contributed by atoms with Crippen molar-refractivity contribution < 1.29 is 27.2 Å². The molecule has 0 spiro atoms. The fourth-order valence-corrected chi connectivity index (χ4v) is 3.40. The standard InChI is InChI=1S/C22H24ClF4N3O2/c1-4-16(22(25,26)27)9-7-14(2)28-21(32)30-11-5-6-19(30)20(31)29(3)13-15-8-10-17(23)18(24)12-15/h4,7-10,12,19H,1,5-6,11,13H2,2-3H3,(H,28,32)/b14-7+,16-9+/t19-/m1/s1. The highest BCUT2D eigenvalue weighted by atomic mass is 35.5. The highest BCUT2D eigenvalue weighted by molar-refractivity contribution is 6.30. The summed E-state index contributed by atoms with van der Waals surface area (Å²) in [4.78, 5) is 28.3. The van der Waals surface area contributed by atoms with Gasteiger partial charge in [0.25, 0.3) is 0 Å². The minimum absolute atomic E-state index is 0.0184. The van der Waals surface area contributed by atoms with E-state index in [1.54, 1.807) is 13.1 Å². The van der Waals surface area contributed by atoms with E-state index in [1.165, 1.54) is 28.9 Å². The second-order valence-electron chi connectivity index (χ2n) is 7.40. The second kappa shape index (κ2) is 10.7. The first-order valence-electron chi connectivity index (χ1n) is 9.78. The molecule has 1 aromatic rings. The Morgan fingerprint density at radius 2 is 2.03 bits per heavy atom. The molecule has 0 unspecified atom stereocenters. The van der Waals surface area contributed by atoms with Gasteiger partial charge in [-0.3, -0.25) is 4.79 Å². The van der Waals surface area contributed by atoms with Crippen molar-refractivity contribution in [1.82, 2.24) is 15.1 Å². The third kappa shape index (κ3) is 6.59. The number of nitrogens with one attached hydrogen (secondary N) is 1. The predicted octanol–water partition coefficient (Wildman–Crippen LogP) is 5.19. The van der Waals surface area contributed by atoms with Gasteiger partial charge in [-0.05, 0) is 49.6 Å². The van der Waals surface area contributed by atoms with Gasteiger partial charge < -0.3 is 15.1 Å². The van der Waals surface area contributed by atoms with Crippen LogP contribution in [0.5, 0.6) is 0 Å². The number of hydrogen-bond donors (Lipinski definition) is 1. The lowest BCUT2D eigenvalue weighted by atomic mass is 10.1. The molecule has 1 atom stereocenters. The highest BCUT2D eigenvalue weighted by Crippen LogP contribution is 2.26. The predicted molar refractivity (Wildman–Crippen MR) is 114 cm³/mol. The maximum Gasteiger partial charge on any atom is 0.416 e. The fraction of sp³-hybridized carbons (Fsp3) is 0.364. The van der Waals surface area contributed by atoms with E-state index in [2.05, 4.69) is 11.9 Å². The van der Waals surface area contributed by atoms with Crippen LogP contribution in [0.2, 0.25) is 5.02 Å². The molecule has 0 saturated carbocycles. The molecule has 0 radical (unpaired) electrons. The van der Waals surface area contributed by atoms with Gasteiger partial charge in [-0.25, -0.2) is 9.18 Å². The van der Waals surface area contributed by atoms with Crippen LogP contribution in [0.15, 0.2) is 54.3 Å². The largest absolute Gasteiger partial charge is 0.416 e. The van der Waals surface area contributed by atoms with Crippen LogP contribution >= 0.6 is 11.6 Å². The molecule has 1 aliphatic rings. The van der Waals surface area contributed by atoms with Crippen molar-refractivity contribution in [3.05, 3.63) is 70.7 Å². The minimum Gasteiger partial charge on any atom is -0.340 e. The lowest BCUT2D eigenvalue weighted by Gasteiger charge is -2.28. The number of halogens is 5. The summed E-state index contributed by atoms with van der Waals surface area (Å²) in [7, 11) is 1.55. The van der Waals surface area contributed by atoms with E-state index >= 15 is 0 Å². The lowest BCUT2D eigenvalue weighted by Crippen LogP contribution is -2.49. The Labute approximate surface area is 189 Å². The maximum atomic E-state index is 13.6. The van der Waals surface area contributed by atoms with Gasteiger partial charge in [-0.15, -0.1) is 0 Å². The molecule has 1 saturated heterocycles. The first-order valence-corrected chi connectivity index (χ1v) is 10.2. The molecular formula is C22H24ClF4N3O2. The van der Waals surface area contributed by atoms with Gasteiger partial charge in [-0.2, -0.15) is 13.2 Å². The molecule has 5 nitrogen and oxygen atoms in total. The van der Waals surface area contributed by atoms with Crippen molar-refractivity contribution >= 4 is 23.5 Å². The Morgan fingerprint density at radius 3 is 2.62 bits per heavy atom. The number of hydrogen-bond acceptors (Lipinski definition) is 2. The summed E-state index contributed by atoms with van der Waals surface area (Å²) in [6, 6.07) is 2.94. The molecule has 0 aromatic heterocycles. The molecule has 2 rings (SSSR count). The zero-order chi connectivity index (χ0) is 24.1. The Kier molecular flexibility index (Phi) is 8.49. The number of carbonyl (C=O) groups excluding carboxylic acids is 2. The minimum atomic E-state index is -4.55. The van der Waals surface area contributed by atoms with Gasteiger partial charge in [0, 0.05) is 25.8 Å². The molecule has 32 heavy (non-hydrogen) atoms. The van der Waals surface area contributed by atoms with Crippen LogP contribution < -0.4 is 5.32 Å². The van der Waals surface area contributed by atoms with Crippen LogP contribution in [0, 0.1) is 5.82 Å². The average molecular weight is 474 g/mol. The van der Waals surface area contributed by atoms with Crippen molar-refractivity contribution in [2.75, 3.05) is 13.6 Å². The van der Waals surface area contributed by atoms with Crippen molar-refractivity contribution in [2.24, 2.45) is 0 Å². The summed E-state index contributed by atoms with van der Waals surface area (Å²) in [5.41, 5.74) is -0.215. The maximum absolute atomic E-state index is 13.6. The molecule has 174 valence electrons. The third-order valence-electron chi connectivity index (χ3n) is 4.94. The van der Waals surface area contributed by atoms with Gasteiger partial charge in [0.2, 0.25) is 5.91 Å². The van der Waals surface area contributed by atoms with Crippen molar-refractivity contribution in [3.8, 4) is 0 Å². The van der Waals surface area contributed by atoms with E-state index < -0.39 is 29.6 Å². The molecule has 3 amide bonds. The van der Waals surface area contributed by atoms with Gasteiger partial charge in [0.1, 0.15) is 11.9 Å². The summed E-state index contributed by atoms with van der Waals surface area (Å²) in [6.45, 7) is 5.03. The van der Waals surface area contributed by atoms with Gasteiger partial charge in [0.15, 0.2) is 0 Å². The molecule has 10 heteroatoms. The number of likely N-dealkylation sites (N-methyl/N-ethyl adjacent to an activating group) is 1. The van der Waals surface area contributed by atoms with Crippen molar-refractivity contribution in [2.45, 2.75) is 38.5 Å². The molecule has 0 aliphatic carbocycles. The number of amides is 3. The number of alkyl halides is 3. The average Bonchev–Trinajstić information content (AvgIpc) is 3.19.